The van der Waals surface area contributed by atoms with Crippen LogP contribution >= 0.6 is 11.6 Å². The molecule has 5 heteroatoms. The number of nitrogens with one attached hydrogen (secondary N) is 2. The molecule has 0 atom stereocenters. The van der Waals surface area contributed by atoms with Crippen LogP contribution in [0, 0.1) is 0 Å². The van der Waals surface area contributed by atoms with Crippen LogP contribution in [0.15, 0.2) is 24.3 Å². The Balaban J connectivity index is 2.34. The fraction of sp³-hybridized carbons (Fsp3) is 0.111. The lowest BCUT2D eigenvalue weighted by Gasteiger charge is -2.03. The minimum absolute atomic E-state index is 0.336. The summed E-state index contributed by atoms with van der Waals surface area (Å²) in [5, 5.41) is 0.576. The summed E-state index contributed by atoms with van der Waals surface area (Å²) in [6.07, 6.45) is 0. The van der Waals surface area contributed by atoms with Crippen LogP contribution < -0.4 is 10.9 Å². The van der Waals surface area contributed by atoms with Crippen LogP contribution in [0.5, 0.6) is 0 Å². The maximum absolute atomic E-state index is 11.2. The number of hydrogen-bond donors (Lipinski definition) is 2. The molecule has 14 heavy (non-hydrogen) atoms. The van der Waals surface area contributed by atoms with Gasteiger partial charge in [-0.15, -0.1) is 0 Å². The average molecular weight is 211 g/mol. The Bertz CT molecular complexity index is 372. The molecule has 0 unspecified atom stereocenters. The second-order valence-corrected chi connectivity index (χ2v) is 3.40. The van der Waals surface area contributed by atoms with Crippen LogP contribution in [-0.2, 0) is 9.59 Å². The molecule has 2 N–H and O–H groups in total. The van der Waals surface area contributed by atoms with Crippen LogP contribution in [-0.4, -0.2) is 11.8 Å². The first-order valence-corrected chi connectivity index (χ1v) is 4.41. The van der Waals surface area contributed by atoms with Gasteiger partial charge in [0.05, 0.1) is 0 Å². The molecule has 0 aliphatic carbocycles. The van der Waals surface area contributed by atoms with Crippen molar-refractivity contribution in [3.05, 3.63) is 34.9 Å². The number of carbonyl (C=O) groups excluding carboxylic acids is 2. The largest absolute Gasteiger partial charge is 0.272 e. The summed E-state index contributed by atoms with van der Waals surface area (Å²) in [4.78, 5) is 22.5. The fourth-order valence-corrected chi connectivity index (χ4v) is 1.47. The van der Waals surface area contributed by atoms with Crippen LogP contribution in [0.1, 0.15) is 11.5 Å². The summed E-state index contributed by atoms with van der Waals surface area (Å²) >= 11 is 5.69. The fourth-order valence-electron chi connectivity index (χ4n) is 1.34. The third-order valence-electron chi connectivity index (χ3n) is 2.04. The molecule has 2 rings (SSSR count). The molecule has 0 radical (unpaired) electrons. The minimum atomic E-state index is -0.757. The Labute approximate surface area is 85.2 Å². The molecule has 72 valence electrons. The molecule has 1 aliphatic rings. The topological polar surface area (TPSA) is 58.2 Å². The predicted octanol–water partition coefficient (Wildman–Crippen LogP) is 0.585. The van der Waals surface area contributed by atoms with Crippen molar-refractivity contribution in [2.45, 2.75) is 5.92 Å². The van der Waals surface area contributed by atoms with Crippen molar-refractivity contribution in [1.29, 1.82) is 0 Å². The highest BCUT2D eigenvalue weighted by molar-refractivity contribution is 6.30. The highest BCUT2D eigenvalue weighted by Crippen LogP contribution is 2.20. The number of benzene rings is 1. The highest BCUT2D eigenvalue weighted by atomic mass is 35.5. The molecular formula is C9H7ClN2O2. The zero-order valence-electron chi connectivity index (χ0n) is 7.08. The third-order valence-corrected chi connectivity index (χ3v) is 2.29. The molecule has 1 saturated heterocycles. The van der Waals surface area contributed by atoms with Crippen LogP contribution in [0.3, 0.4) is 0 Å². The van der Waals surface area contributed by atoms with Gasteiger partial charge in [0.25, 0.3) is 11.8 Å². The van der Waals surface area contributed by atoms with E-state index in [4.69, 9.17) is 11.6 Å². The van der Waals surface area contributed by atoms with E-state index in [1.807, 2.05) is 0 Å². The van der Waals surface area contributed by atoms with Gasteiger partial charge in [-0.05, 0) is 17.7 Å². The van der Waals surface area contributed by atoms with Crippen LogP contribution in [0.2, 0.25) is 5.02 Å². The summed E-state index contributed by atoms with van der Waals surface area (Å²) in [5.41, 5.74) is 5.16. The standard InChI is InChI=1S/C9H7ClN2O2/c10-6-3-1-5(2-4-6)7-8(13)11-12-9(7)14/h1-4,7H,(H,11,13)(H,12,14). The Hall–Kier alpha value is -1.55. The van der Waals surface area contributed by atoms with Gasteiger partial charge in [-0.3, -0.25) is 20.4 Å². The normalized spacial score (nSPS) is 16.6. The van der Waals surface area contributed by atoms with E-state index in [0.717, 1.165) is 0 Å². The Morgan fingerprint density at radius 1 is 1.00 bits per heavy atom. The van der Waals surface area contributed by atoms with E-state index >= 15 is 0 Å². The van der Waals surface area contributed by atoms with E-state index in [9.17, 15) is 9.59 Å². The quantitative estimate of drug-likeness (QED) is 0.667. The summed E-state index contributed by atoms with van der Waals surface area (Å²) in [6, 6.07) is 6.63. The van der Waals surface area contributed by atoms with Crippen molar-refractivity contribution in [2.75, 3.05) is 0 Å². The molecule has 1 fully saturated rings. The molecule has 1 heterocycles. The first-order chi connectivity index (χ1) is 6.68. The Kier molecular flexibility index (Phi) is 2.13. The van der Waals surface area contributed by atoms with Gasteiger partial charge in [0.15, 0.2) is 0 Å². The lowest BCUT2D eigenvalue weighted by Crippen LogP contribution is -2.28. The summed E-state index contributed by atoms with van der Waals surface area (Å²) in [6.45, 7) is 0. The van der Waals surface area contributed by atoms with Crippen molar-refractivity contribution in [3.8, 4) is 0 Å². The molecule has 0 aromatic heterocycles. The minimum Gasteiger partial charge on any atom is -0.272 e. The van der Waals surface area contributed by atoms with E-state index in [0.29, 0.717) is 10.6 Å². The predicted molar refractivity (Wildman–Crippen MR) is 50.5 cm³/mol. The SMILES string of the molecule is O=C1NNC(=O)C1c1ccc(Cl)cc1. The number of amides is 2. The van der Waals surface area contributed by atoms with Crippen molar-refractivity contribution in [3.63, 3.8) is 0 Å². The van der Waals surface area contributed by atoms with E-state index < -0.39 is 5.92 Å². The van der Waals surface area contributed by atoms with Gasteiger partial charge < -0.3 is 0 Å². The number of rotatable bonds is 1. The van der Waals surface area contributed by atoms with Gasteiger partial charge in [0.2, 0.25) is 0 Å². The first kappa shape index (κ1) is 9.02. The lowest BCUT2D eigenvalue weighted by molar-refractivity contribution is -0.124. The average Bonchev–Trinajstić information content (AvgIpc) is 2.49. The molecule has 2 amide bonds. The Morgan fingerprint density at radius 3 is 2.00 bits per heavy atom. The molecule has 4 nitrogen and oxygen atoms in total. The van der Waals surface area contributed by atoms with Gasteiger partial charge in [-0.1, -0.05) is 23.7 Å². The van der Waals surface area contributed by atoms with Gasteiger partial charge in [-0.2, -0.15) is 0 Å². The van der Waals surface area contributed by atoms with Gasteiger partial charge in [0.1, 0.15) is 5.92 Å². The van der Waals surface area contributed by atoms with Crippen LogP contribution in [0.4, 0.5) is 0 Å². The molecule has 0 spiro atoms. The summed E-state index contributed by atoms with van der Waals surface area (Å²) in [7, 11) is 0. The van der Waals surface area contributed by atoms with Crippen molar-refractivity contribution >= 4 is 23.4 Å². The first-order valence-electron chi connectivity index (χ1n) is 4.03. The number of halogens is 1. The second kappa shape index (κ2) is 3.31. The molecular weight excluding hydrogens is 204 g/mol. The Morgan fingerprint density at radius 2 is 1.50 bits per heavy atom. The molecule has 1 aromatic carbocycles. The van der Waals surface area contributed by atoms with Gasteiger partial charge in [-0.25, -0.2) is 0 Å². The van der Waals surface area contributed by atoms with Gasteiger partial charge in [0, 0.05) is 5.02 Å². The number of hydrazine groups is 1. The van der Waals surface area contributed by atoms with Crippen LogP contribution in [0.25, 0.3) is 0 Å². The van der Waals surface area contributed by atoms with E-state index in [1.165, 1.54) is 0 Å². The smallest absolute Gasteiger partial charge is 0.255 e. The zero-order chi connectivity index (χ0) is 10.1. The molecule has 0 saturated carbocycles. The third kappa shape index (κ3) is 1.44. The summed E-state index contributed by atoms with van der Waals surface area (Å²) < 4.78 is 0. The lowest BCUT2D eigenvalue weighted by atomic mass is 9.99. The van der Waals surface area contributed by atoms with Crippen molar-refractivity contribution in [1.82, 2.24) is 10.9 Å². The molecule has 1 aromatic rings. The maximum Gasteiger partial charge on any atom is 0.255 e. The monoisotopic (exact) mass is 210 g/mol. The van der Waals surface area contributed by atoms with E-state index in [-0.39, 0.29) is 11.8 Å². The number of hydrogen-bond acceptors (Lipinski definition) is 2. The molecule has 0 bridgehead atoms. The van der Waals surface area contributed by atoms with Crippen molar-refractivity contribution < 1.29 is 9.59 Å². The maximum atomic E-state index is 11.2. The van der Waals surface area contributed by atoms with E-state index in [2.05, 4.69) is 10.9 Å². The second-order valence-electron chi connectivity index (χ2n) is 2.96. The van der Waals surface area contributed by atoms with Gasteiger partial charge >= 0.3 is 0 Å². The number of carbonyl (C=O) groups is 2. The molecule has 1 aliphatic heterocycles. The zero-order valence-corrected chi connectivity index (χ0v) is 7.84. The van der Waals surface area contributed by atoms with Crippen molar-refractivity contribution in [2.24, 2.45) is 0 Å². The highest BCUT2D eigenvalue weighted by Gasteiger charge is 2.34. The summed E-state index contributed by atoms with van der Waals surface area (Å²) in [5.74, 6) is -1.43. The van der Waals surface area contributed by atoms with E-state index in [1.54, 1.807) is 24.3 Å².